The average Bonchev–Trinajstić information content (AvgIpc) is 3.43. The lowest BCUT2D eigenvalue weighted by Gasteiger charge is -2.39. The van der Waals surface area contributed by atoms with Crippen molar-refractivity contribution in [1.82, 2.24) is 25.5 Å². The van der Waals surface area contributed by atoms with Gasteiger partial charge in [0, 0.05) is 43.6 Å². The Labute approximate surface area is 205 Å². The Morgan fingerprint density at radius 1 is 1.23 bits per heavy atom. The fourth-order valence-corrected chi connectivity index (χ4v) is 5.70. The monoisotopic (exact) mass is 476 g/mol. The molecule has 10 heteroatoms. The quantitative estimate of drug-likeness (QED) is 0.500. The highest BCUT2D eigenvalue weighted by atomic mass is 16.2. The van der Waals surface area contributed by atoms with Crippen molar-refractivity contribution in [1.29, 1.82) is 5.26 Å². The highest BCUT2D eigenvalue weighted by molar-refractivity contribution is 5.91. The molecule has 3 fully saturated rings. The lowest BCUT2D eigenvalue weighted by Crippen LogP contribution is -2.54. The van der Waals surface area contributed by atoms with Crippen LogP contribution in [0.15, 0.2) is 36.5 Å². The highest BCUT2D eigenvalue weighted by Gasteiger charge is 2.51. The third-order valence-corrected chi connectivity index (χ3v) is 7.31. The molecule has 0 radical (unpaired) electrons. The number of rotatable bonds is 6. The summed E-state index contributed by atoms with van der Waals surface area (Å²) in [6.07, 6.45) is 6.61. The largest absolute Gasteiger partial charge is 0.368 e. The van der Waals surface area contributed by atoms with Gasteiger partial charge in [0.05, 0.1) is 24.3 Å². The van der Waals surface area contributed by atoms with Crippen molar-refractivity contribution in [2.45, 2.75) is 56.8 Å². The van der Waals surface area contributed by atoms with Gasteiger partial charge in [-0.05, 0) is 37.0 Å². The molecule has 1 saturated carbocycles. The van der Waals surface area contributed by atoms with Gasteiger partial charge in [-0.2, -0.15) is 10.4 Å². The molecule has 35 heavy (non-hydrogen) atoms. The molecule has 0 bridgehead atoms. The lowest BCUT2D eigenvalue weighted by molar-refractivity contribution is -0.128. The maximum atomic E-state index is 12.9. The van der Waals surface area contributed by atoms with Crippen LogP contribution in [0.3, 0.4) is 0 Å². The van der Waals surface area contributed by atoms with Crippen LogP contribution in [-0.2, 0) is 23.1 Å². The van der Waals surface area contributed by atoms with Crippen LogP contribution in [0.5, 0.6) is 0 Å². The topological polar surface area (TPSA) is 127 Å². The molecule has 5 rings (SSSR count). The summed E-state index contributed by atoms with van der Waals surface area (Å²) in [7, 11) is 1.80. The number of fused-ring (bicyclic) bond motifs is 1. The molecular formula is C25H32N8O2. The molecule has 1 aliphatic carbocycles. The number of hydrogen-bond donors (Lipinski definition) is 4. The fraction of sp³-hybridized carbons (Fsp3) is 0.520. The number of nitrogens with one attached hydrogen (secondary N) is 4. The van der Waals surface area contributed by atoms with Crippen LogP contribution >= 0.6 is 0 Å². The second kappa shape index (κ2) is 10.1. The van der Waals surface area contributed by atoms with Gasteiger partial charge in [-0.25, -0.2) is 10.4 Å². The van der Waals surface area contributed by atoms with Gasteiger partial charge < -0.3 is 16.0 Å². The van der Waals surface area contributed by atoms with Crippen molar-refractivity contribution >= 4 is 23.3 Å². The first-order chi connectivity index (χ1) is 17.0. The minimum atomic E-state index is -0.292. The van der Waals surface area contributed by atoms with Gasteiger partial charge in [0.2, 0.25) is 11.8 Å². The third-order valence-electron chi connectivity index (χ3n) is 7.31. The van der Waals surface area contributed by atoms with Crippen molar-refractivity contribution < 1.29 is 9.59 Å². The van der Waals surface area contributed by atoms with Crippen molar-refractivity contribution in [3.05, 3.63) is 42.1 Å². The second-order valence-electron chi connectivity index (χ2n) is 9.72. The molecule has 184 valence electrons. The van der Waals surface area contributed by atoms with E-state index in [0.29, 0.717) is 12.4 Å². The number of nitrogens with zero attached hydrogens (tertiary/aromatic N) is 4. The zero-order valence-electron chi connectivity index (χ0n) is 19.9. The maximum Gasteiger partial charge on any atom is 0.229 e. The van der Waals surface area contributed by atoms with Crippen LogP contribution < -0.4 is 21.4 Å². The third kappa shape index (κ3) is 5.01. The number of amides is 2. The van der Waals surface area contributed by atoms with Crippen molar-refractivity contribution in [3.8, 4) is 6.07 Å². The number of piperidine rings is 1. The van der Waals surface area contributed by atoms with Gasteiger partial charge >= 0.3 is 0 Å². The summed E-state index contributed by atoms with van der Waals surface area (Å²) in [4.78, 5) is 25.4. The molecule has 2 aromatic rings. The van der Waals surface area contributed by atoms with Crippen LogP contribution in [0.4, 0.5) is 11.5 Å². The van der Waals surface area contributed by atoms with Crippen LogP contribution in [-0.4, -0.2) is 51.4 Å². The molecule has 1 aromatic heterocycles. The molecule has 10 nitrogen and oxygen atoms in total. The first kappa shape index (κ1) is 23.3. The van der Waals surface area contributed by atoms with Gasteiger partial charge in [-0.15, -0.1) is 0 Å². The first-order valence-electron chi connectivity index (χ1n) is 12.4. The van der Waals surface area contributed by atoms with Gasteiger partial charge in [0.25, 0.3) is 0 Å². The zero-order valence-corrected chi connectivity index (χ0v) is 19.9. The molecular weight excluding hydrogens is 444 g/mol. The number of anilines is 2. The number of benzene rings is 1. The van der Waals surface area contributed by atoms with Crippen molar-refractivity contribution in [3.63, 3.8) is 0 Å². The van der Waals surface area contributed by atoms with E-state index >= 15 is 0 Å². The van der Waals surface area contributed by atoms with E-state index in [1.165, 1.54) is 0 Å². The molecule has 3 unspecified atom stereocenters. The van der Waals surface area contributed by atoms with Gasteiger partial charge in [0.1, 0.15) is 6.17 Å². The summed E-state index contributed by atoms with van der Waals surface area (Å²) >= 11 is 0. The minimum absolute atomic E-state index is 0.0263. The Morgan fingerprint density at radius 2 is 2.09 bits per heavy atom. The summed E-state index contributed by atoms with van der Waals surface area (Å²) in [6.45, 7) is 0.649. The molecule has 4 N–H and O–H groups in total. The Morgan fingerprint density at radius 3 is 2.89 bits per heavy atom. The smallest absolute Gasteiger partial charge is 0.229 e. The van der Waals surface area contributed by atoms with E-state index in [1.807, 2.05) is 24.3 Å². The van der Waals surface area contributed by atoms with E-state index in [2.05, 4.69) is 37.6 Å². The first-order valence-corrected chi connectivity index (χ1v) is 12.4. The molecule has 3 aliphatic rings. The molecule has 0 spiro atoms. The Hall–Kier alpha value is -3.42. The number of nitriles is 1. The summed E-state index contributed by atoms with van der Waals surface area (Å²) in [5.41, 5.74) is 5.26. The van der Waals surface area contributed by atoms with Crippen LogP contribution in [0, 0.1) is 23.2 Å². The van der Waals surface area contributed by atoms with Crippen LogP contribution in [0.1, 0.15) is 37.7 Å². The predicted molar refractivity (Wildman–Crippen MR) is 131 cm³/mol. The number of aromatic nitrogens is 2. The number of carbonyl (C=O) groups is 2. The molecule has 5 atom stereocenters. The number of hydrogen-bond acceptors (Lipinski definition) is 7. The summed E-state index contributed by atoms with van der Waals surface area (Å²) < 4.78 is 1.64. The Kier molecular flexibility index (Phi) is 6.70. The van der Waals surface area contributed by atoms with Crippen molar-refractivity contribution in [2.75, 3.05) is 17.2 Å². The molecule has 2 aliphatic heterocycles. The Bertz CT molecular complexity index is 1120. The van der Waals surface area contributed by atoms with E-state index < -0.39 is 0 Å². The molecule has 3 heterocycles. The molecule has 2 amide bonds. The summed E-state index contributed by atoms with van der Waals surface area (Å²) in [6, 6.07) is 12.1. The van der Waals surface area contributed by atoms with E-state index in [-0.39, 0.29) is 48.3 Å². The number of hydrazine groups is 1. The Balaban J connectivity index is 1.29. The van der Waals surface area contributed by atoms with Crippen LogP contribution in [0.25, 0.3) is 0 Å². The van der Waals surface area contributed by atoms with Crippen molar-refractivity contribution in [2.24, 2.45) is 18.9 Å². The normalized spacial score (nSPS) is 28.6. The fourth-order valence-electron chi connectivity index (χ4n) is 5.70. The second-order valence-corrected chi connectivity index (χ2v) is 9.72. The molecule has 2 saturated heterocycles. The average molecular weight is 477 g/mol. The SMILES string of the molecule is Cn1ccc(NC(=O)Cc2cccc(NC3NN([C@H]4CCCC[C@@H]4C#N)C4CCNC(=O)C34)c2)n1. The van der Waals surface area contributed by atoms with Gasteiger partial charge in [0.15, 0.2) is 5.82 Å². The molecule has 1 aromatic carbocycles. The lowest BCUT2D eigenvalue weighted by atomic mass is 9.83. The van der Waals surface area contributed by atoms with Crippen LogP contribution in [0.2, 0.25) is 0 Å². The zero-order chi connectivity index (χ0) is 24.4. The minimum Gasteiger partial charge on any atom is -0.368 e. The maximum absolute atomic E-state index is 12.9. The summed E-state index contributed by atoms with van der Waals surface area (Å²) in [5, 5.41) is 25.4. The number of carbonyl (C=O) groups excluding carboxylic acids is 2. The van der Waals surface area contributed by atoms with Gasteiger partial charge in [-0.3, -0.25) is 14.3 Å². The van der Waals surface area contributed by atoms with E-state index in [4.69, 9.17) is 0 Å². The van der Waals surface area contributed by atoms with E-state index in [1.54, 1.807) is 24.0 Å². The summed E-state index contributed by atoms with van der Waals surface area (Å²) in [5.74, 6) is 0.124. The van der Waals surface area contributed by atoms with E-state index in [0.717, 1.165) is 43.4 Å². The highest BCUT2D eigenvalue weighted by Crippen LogP contribution is 2.36. The van der Waals surface area contributed by atoms with E-state index in [9.17, 15) is 14.9 Å². The van der Waals surface area contributed by atoms with Gasteiger partial charge in [-0.1, -0.05) is 25.0 Å². The number of aryl methyl sites for hydroxylation is 1. The standard InChI is InChI=1S/C25H32N8O2/c1-32-12-10-21(30-32)29-22(34)14-16-5-4-7-18(13-16)28-24-23-20(9-11-27-25(23)35)33(31-24)19-8-3-2-6-17(19)15-26/h4-5,7,10,12-13,17,19-20,23-24,28,31H,2-3,6,8-9,11,14H2,1H3,(H,27,35)(H,29,30,34)/t17-,19+,20?,23?,24?/m1/s1. The predicted octanol–water partition coefficient (Wildman–Crippen LogP) is 1.75.